The largest absolute Gasteiger partial charge is 0.474 e. The Labute approximate surface area is 213 Å². The number of amides is 1. The van der Waals surface area contributed by atoms with Crippen molar-refractivity contribution in [1.29, 1.82) is 0 Å². The molecule has 0 radical (unpaired) electrons. The van der Waals surface area contributed by atoms with E-state index < -0.39 is 23.1 Å². The first-order valence-corrected chi connectivity index (χ1v) is 13.3. The normalized spacial score (nSPS) is 22.8. The molecule has 3 aliphatic heterocycles. The number of piperidine rings is 1. The molecular formula is C26H24F2N3O3PS. The maximum absolute atomic E-state index is 15.2. The first-order chi connectivity index (χ1) is 17.4. The summed E-state index contributed by atoms with van der Waals surface area (Å²) in [7, 11) is 2.06. The lowest BCUT2D eigenvalue weighted by molar-refractivity contribution is 0.0384. The number of hydrogen-bond acceptors (Lipinski definition) is 5. The summed E-state index contributed by atoms with van der Waals surface area (Å²) in [5, 5.41) is 2.04. The highest BCUT2D eigenvalue weighted by atomic mass is 32.2. The Hall–Kier alpha value is -2.90. The summed E-state index contributed by atoms with van der Waals surface area (Å²) in [6.45, 7) is 2.62. The van der Waals surface area contributed by atoms with E-state index in [1.54, 1.807) is 21.8 Å². The maximum atomic E-state index is 15.2. The lowest BCUT2D eigenvalue weighted by atomic mass is 9.90. The van der Waals surface area contributed by atoms with Crippen molar-refractivity contribution in [3.05, 3.63) is 92.9 Å². The Morgan fingerprint density at radius 2 is 1.86 bits per heavy atom. The van der Waals surface area contributed by atoms with Gasteiger partial charge in [0.05, 0.1) is 15.5 Å². The van der Waals surface area contributed by atoms with Crippen LogP contribution in [0, 0.1) is 17.6 Å². The predicted molar refractivity (Wildman–Crippen MR) is 137 cm³/mol. The molecule has 1 amide bonds. The fourth-order valence-corrected chi connectivity index (χ4v) is 7.01. The van der Waals surface area contributed by atoms with Gasteiger partial charge in [-0.25, -0.2) is 8.78 Å². The Balaban J connectivity index is 1.67. The van der Waals surface area contributed by atoms with Crippen molar-refractivity contribution in [2.45, 2.75) is 42.6 Å². The van der Waals surface area contributed by atoms with Crippen LogP contribution in [0.2, 0.25) is 0 Å². The molecule has 1 aromatic heterocycles. The van der Waals surface area contributed by atoms with Crippen molar-refractivity contribution in [1.82, 2.24) is 9.58 Å². The summed E-state index contributed by atoms with van der Waals surface area (Å²) in [5.74, 6) is -1.51. The summed E-state index contributed by atoms with van der Waals surface area (Å²) in [6, 6.07) is 11.5. The first-order valence-electron chi connectivity index (χ1n) is 11.8. The van der Waals surface area contributed by atoms with E-state index in [1.807, 2.05) is 29.3 Å². The van der Waals surface area contributed by atoms with E-state index in [0.717, 1.165) is 16.9 Å². The molecule has 0 N–H and O–H groups in total. The Bertz CT molecular complexity index is 1450. The van der Waals surface area contributed by atoms with E-state index in [1.165, 1.54) is 23.9 Å². The van der Waals surface area contributed by atoms with Crippen LogP contribution >= 0.6 is 21.2 Å². The van der Waals surface area contributed by atoms with E-state index in [2.05, 4.69) is 16.4 Å². The molecule has 0 bridgehead atoms. The van der Waals surface area contributed by atoms with Gasteiger partial charge in [0.1, 0.15) is 6.17 Å². The van der Waals surface area contributed by atoms with Crippen LogP contribution in [0.3, 0.4) is 0 Å². The first kappa shape index (κ1) is 23.5. The molecule has 0 saturated carbocycles. The van der Waals surface area contributed by atoms with Crippen molar-refractivity contribution in [2.75, 3.05) is 11.6 Å². The smallest absolute Gasteiger partial charge is 0.278 e. The molecule has 0 spiro atoms. The number of pyridine rings is 1. The lowest BCUT2D eigenvalue weighted by Crippen LogP contribution is -2.64. The van der Waals surface area contributed by atoms with Crippen molar-refractivity contribution >= 4 is 27.1 Å². The number of aromatic nitrogens is 1. The summed E-state index contributed by atoms with van der Waals surface area (Å²) < 4.78 is 36.6. The van der Waals surface area contributed by atoms with Crippen LogP contribution in [-0.2, 0) is 5.75 Å². The number of fused-ring (bicyclic) bond motifs is 4. The van der Waals surface area contributed by atoms with Crippen LogP contribution in [-0.4, -0.2) is 28.2 Å². The molecule has 6 rings (SSSR count). The van der Waals surface area contributed by atoms with Gasteiger partial charge in [-0.1, -0.05) is 31.2 Å². The van der Waals surface area contributed by atoms with Gasteiger partial charge in [-0.15, -0.1) is 11.8 Å². The van der Waals surface area contributed by atoms with Gasteiger partial charge in [0, 0.05) is 35.0 Å². The molecule has 2 aromatic carbocycles. The highest BCUT2D eigenvalue weighted by Gasteiger charge is 2.46. The zero-order chi connectivity index (χ0) is 25.1. The molecule has 3 aromatic rings. The quantitative estimate of drug-likeness (QED) is 0.447. The minimum Gasteiger partial charge on any atom is -0.474 e. The second kappa shape index (κ2) is 8.89. The van der Waals surface area contributed by atoms with Gasteiger partial charge >= 0.3 is 0 Å². The fourth-order valence-electron chi connectivity index (χ4n) is 5.67. The SMILES string of the molecule is C[C@H]1CC[C@@H]2N(C1)C(=O)c1c(OP)c(=O)ccn1N2[C@@H]1c2ccccc2SCc2c1ccc(F)c2F. The van der Waals surface area contributed by atoms with E-state index in [0.29, 0.717) is 24.1 Å². The number of rotatable bonds is 2. The van der Waals surface area contributed by atoms with Gasteiger partial charge in [0.15, 0.2) is 17.3 Å². The zero-order valence-electron chi connectivity index (χ0n) is 19.5. The van der Waals surface area contributed by atoms with Gasteiger partial charge in [0.25, 0.3) is 5.91 Å². The number of halogens is 2. The Morgan fingerprint density at radius 3 is 2.67 bits per heavy atom. The number of nitrogens with zero attached hydrogens (tertiary/aromatic N) is 3. The average Bonchev–Trinajstić information content (AvgIpc) is 3.04. The molecule has 36 heavy (non-hydrogen) atoms. The molecule has 1 unspecified atom stereocenters. The zero-order valence-corrected chi connectivity index (χ0v) is 21.5. The molecule has 6 nitrogen and oxygen atoms in total. The average molecular weight is 528 g/mol. The maximum Gasteiger partial charge on any atom is 0.278 e. The molecule has 186 valence electrons. The van der Waals surface area contributed by atoms with Gasteiger partial charge < -0.3 is 9.42 Å². The van der Waals surface area contributed by atoms with Crippen molar-refractivity contribution in [2.24, 2.45) is 5.92 Å². The number of carbonyl (C=O) groups excluding carboxylic acids is 1. The van der Waals surface area contributed by atoms with Crippen molar-refractivity contribution < 1.29 is 18.1 Å². The van der Waals surface area contributed by atoms with E-state index >= 15 is 4.39 Å². The summed E-state index contributed by atoms with van der Waals surface area (Å²) >= 11 is 1.46. The van der Waals surface area contributed by atoms with Gasteiger partial charge in [-0.3, -0.25) is 19.3 Å². The molecule has 0 aliphatic carbocycles. The number of thioether (sulfide) groups is 1. The van der Waals surface area contributed by atoms with E-state index in [4.69, 9.17) is 4.52 Å². The molecule has 4 atom stereocenters. The Kier molecular flexibility index (Phi) is 5.80. The van der Waals surface area contributed by atoms with Crippen LogP contribution in [0.4, 0.5) is 8.78 Å². The molecule has 3 aliphatic rings. The van der Waals surface area contributed by atoms with Crippen LogP contribution in [0.5, 0.6) is 5.75 Å². The fraction of sp³-hybridized carbons (Fsp3) is 0.308. The molecular weight excluding hydrogens is 503 g/mol. The second-order valence-electron chi connectivity index (χ2n) is 9.48. The lowest BCUT2D eigenvalue weighted by Gasteiger charge is -2.52. The van der Waals surface area contributed by atoms with Gasteiger partial charge in [-0.05, 0) is 42.0 Å². The van der Waals surface area contributed by atoms with Crippen molar-refractivity contribution in [3.63, 3.8) is 0 Å². The topological polar surface area (TPSA) is 54.8 Å². The van der Waals surface area contributed by atoms with E-state index in [9.17, 15) is 14.0 Å². The van der Waals surface area contributed by atoms with E-state index in [-0.39, 0.29) is 35.2 Å². The second-order valence-corrected chi connectivity index (χ2v) is 10.7. The predicted octanol–water partition coefficient (Wildman–Crippen LogP) is 4.84. The summed E-state index contributed by atoms with van der Waals surface area (Å²) in [5.41, 5.74) is 1.59. The van der Waals surface area contributed by atoms with Crippen LogP contribution in [0.1, 0.15) is 53.0 Å². The van der Waals surface area contributed by atoms with Gasteiger partial charge in [-0.2, -0.15) is 0 Å². The third-order valence-corrected chi connectivity index (χ3v) is 8.68. The monoisotopic (exact) mass is 527 g/mol. The minimum atomic E-state index is -0.885. The highest BCUT2D eigenvalue weighted by Crippen LogP contribution is 2.46. The van der Waals surface area contributed by atoms with Crippen LogP contribution in [0.25, 0.3) is 0 Å². The molecule has 4 heterocycles. The number of benzene rings is 2. The highest BCUT2D eigenvalue weighted by molar-refractivity contribution is 7.98. The Morgan fingerprint density at radius 1 is 1.06 bits per heavy atom. The molecule has 10 heteroatoms. The molecule has 1 saturated heterocycles. The van der Waals surface area contributed by atoms with Crippen molar-refractivity contribution in [3.8, 4) is 5.75 Å². The minimum absolute atomic E-state index is 0.0593. The number of carbonyl (C=O) groups is 1. The van der Waals surface area contributed by atoms with Crippen LogP contribution < -0.4 is 15.0 Å². The van der Waals surface area contributed by atoms with Gasteiger partial charge in [0.2, 0.25) is 11.2 Å². The van der Waals surface area contributed by atoms with Crippen LogP contribution in [0.15, 0.2) is 58.4 Å². The summed E-state index contributed by atoms with van der Waals surface area (Å²) in [4.78, 5) is 29.2. The third kappa shape index (κ3) is 3.47. The number of hydrogen-bond donors (Lipinski definition) is 0. The third-order valence-electron chi connectivity index (χ3n) is 7.33. The summed E-state index contributed by atoms with van der Waals surface area (Å²) in [6.07, 6.45) is 2.84. The standard InChI is InChI=1S/C26H24F2N3O3PS/c1-14-6-9-21-29(12-14)26(33)24-25(34-35)19(32)10-11-30(24)31(21)23-15-7-8-18(27)22(28)17(15)13-36-20-5-3-2-4-16(20)23/h2-5,7-8,10-11,14,21,23H,6,9,12-13,35H2,1H3/t14-,21+,23-/m0/s1. The molecule has 1 fully saturated rings.